The number of hydrogen-bond donors (Lipinski definition) is 1. The molecule has 0 aliphatic carbocycles. The van der Waals surface area contributed by atoms with Gasteiger partial charge < -0.3 is 4.74 Å². The summed E-state index contributed by atoms with van der Waals surface area (Å²) in [5, 5.41) is 1.73. The molecule has 10 heavy (non-hydrogen) atoms. The molecule has 0 unspecified atom stereocenters. The second-order valence-electron chi connectivity index (χ2n) is 3.01. The van der Waals surface area contributed by atoms with Gasteiger partial charge in [-0.25, -0.2) is 5.84 Å². The summed E-state index contributed by atoms with van der Waals surface area (Å²) < 4.78 is 4.77. The molecule has 0 aliphatic heterocycles. The third kappa shape index (κ3) is 2.49. The standard InChI is InChI=1S/C6H14N2OS/c1-6(2,3)8(7)5(10)9-4/h7H2,1-4H3. The molecule has 0 aliphatic rings. The number of methoxy groups -OCH3 is 1. The lowest BCUT2D eigenvalue weighted by Crippen LogP contribution is -2.50. The minimum atomic E-state index is -0.174. The van der Waals surface area contributed by atoms with E-state index in [0.29, 0.717) is 5.17 Å². The van der Waals surface area contributed by atoms with Crippen molar-refractivity contribution in [2.45, 2.75) is 26.3 Å². The Morgan fingerprint density at radius 1 is 1.50 bits per heavy atom. The molecule has 0 heterocycles. The van der Waals surface area contributed by atoms with Gasteiger partial charge in [-0.2, -0.15) is 0 Å². The van der Waals surface area contributed by atoms with Crippen LogP contribution in [0.15, 0.2) is 0 Å². The molecule has 0 saturated heterocycles. The molecule has 60 valence electrons. The summed E-state index contributed by atoms with van der Waals surface area (Å²) in [6, 6.07) is 0. The van der Waals surface area contributed by atoms with Crippen LogP contribution in [0.3, 0.4) is 0 Å². The van der Waals surface area contributed by atoms with Gasteiger partial charge in [-0.15, -0.1) is 0 Å². The third-order valence-corrected chi connectivity index (χ3v) is 1.46. The molecule has 0 amide bonds. The van der Waals surface area contributed by atoms with Crippen molar-refractivity contribution in [1.29, 1.82) is 0 Å². The van der Waals surface area contributed by atoms with Crippen LogP contribution in [0.4, 0.5) is 0 Å². The minimum absolute atomic E-state index is 0.174. The van der Waals surface area contributed by atoms with Gasteiger partial charge in [-0.05, 0) is 33.0 Å². The van der Waals surface area contributed by atoms with Crippen molar-refractivity contribution in [3.05, 3.63) is 0 Å². The average Bonchev–Trinajstić information content (AvgIpc) is 1.83. The second-order valence-corrected chi connectivity index (χ2v) is 3.36. The largest absolute Gasteiger partial charge is 0.473 e. The number of rotatable bonds is 0. The first-order chi connectivity index (χ1) is 4.39. The minimum Gasteiger partial charge on any atom is -0.473 e. The molecule has 3 nitrogen and oxygen atoms in total. The van der Waals surface area contributed by atoms with Crippen molar-refractivity contribution in [2.75, 3.05) is 7.11 Å². The highest BCUT2D eigenvalue weighted by Crippen LogP contribution is 2.08. The topological polar surface area (TPSA) is 38.5 Å². The van der Waals surface area contributed by atoms with Crippen molar-refractivity contribution in [2.24, 2.45) is 5.84 Å². The van der Waals surface area contributed by atoms with Crippen LogP contribution in [0.2, 0.25) is 0 Å². The van der Waals surface area contributed by atoms with Crippen molar-refractivity contribution in [3.8, 4) is 0 Å². The number of nitrogens with two attached hydrogens (primary N) is 1. The molecular formula is C6H14N2OS. The molecule has 0 rings (SSSR count). The Labute approximate surface area is 67.1 Å². The van der Waals surface area contributed by atoms with Gasteiger partial charge in [0.1, 0.15) is 0 Å². The van der Waals surface area contributed by atoms with E-state index in [2.05, 4.69) is 0 Å². The van der Waals surface area contributed by atoms with Gasteiger partial charge in [0.05, 0.1) is 12.6 Å². The molecule has 4 heteroatoms. The number of nitrogens with zero attached hydrogens (tertiary/aromatic N) is 1. The Morgan fingerprint density at radius 3 is 2.00 bits per heavy atom. The molecule has 0 aromatic carbocycles. The zero-order valence-corrected chi connectivity index (χ0v) is 7.66. The Morgan fingerprint density at radius 2 is 1.90 bits per heavy atom. The SMILES string of the molecule is COC(=S)N(N)C(C)(C)C. The molecule has 0 fully saturated rings. The molecule has 0 aromatic heterocycles. The molecule has 0 bridgehead atoms. The van der Waals surface area contributed by atoms with Crippen molar-refractivity contribution in [1.82, 2.24) is 5.01 Å². The van der Waals surface area contributed by atoms with Crippen molar-refractivity contribution in [3.63, 3.8) is 0 Å². The smallest absolute Gasteiger partial charge is 0.274 e. The fourth-order valence-corrected chi connectivity index (χ4v) is 0.646. The lowest BCUT2D eigenvalue weighted by atomic mass is 10.1. The number of ether oxygens (including phenoxy) is 1. The maximum atomic E-state index is 5.57. The van der Waals surface area contributed by atoms with Crippen LogP contribution in [-0.2, 0) is 4.74 Å². The molecule has 0 spiro atoms. The molecule has 2 N–H and O–H groups in total. The van der Waals surface area contributed by atoms with Crippen LogP contribution in [0.5, 0.6) is 0 Å². The molecule has 0 atom stereocenters. The lowest BCUT2D eigenvalue weighted by Gasteiger charge is -2.31. The quantitative estimate of drug-likeness (QED) is 0.326. The van der Waals surface area contributed by atoms with Gasteiger partial charge in [0, 0.05) is 0 Å². The predicted octanol–water partition coefficient (Wildman–Crippen LogP) is 0.892. The highest BCUT2D eigenvalue weighted by Gasteiger charge is 2.20. The average molecular weight is 162 g/mol. The maximum absolute atomic E-state index is 5.57. The van der Waals surface area contributed by atoms with Crippen molar-refractivity contribution < 1.29 is 4.74 Å². The number of hydrogen-bond acceptors (Lipinski definition) is 3. The first-order valence-electron chi connectivity index (χ1n) is 3.02. The van der Waals surface area contributed by atoms with Gasteiger partial charge in [-0.3, -0.25) is 5.01 Å². The summed E-state index contributed by atoms with van der Waals surface area (Å²) in [5.74, 6) is 5.57. The van der Waals surface area contributed by atoms with Crippen LogP contribution < -0.4 is 5.84 Å². The van der Waals surface area contributed by atoms with E-state index < -0.39 is 0 Å². The summed E-state index contributed by atoms with van der Waals surface area (Å²) in [6.45, 7) is 5.87. The predicted molar refractivity (Wildman–Crippen MR) is 45.4 cm³/mol. The Kier molecular flexibility index (Phi) is 3.05. The molecule has 0 aromatic rings. The third-order valence-electron chi connectivity index (χ3n) is 1.09. The first kappa shape index (κ1) is 9.65. The van der Waals surface area contributed by atoms with E-state index in [1.54, 1.807) is 0 Å². The Balaban J connectivity index is 4.08. The summed E-state index contributed by atoms with van der Waals surface area (Å²) in [4.78, 5) is 0. The summed E-state index contributed by atoms with van der Waals surface area (Å²) in [7, 11) is 1.51. The van der Waals surface area contributed by atoms with Crippen LogP contribution in [0.25, 0.3) is 0 Å². The van der Waals surface area contributed by atoms with E-state index in [1.165, 1.54) is 12.1 Å². The summed E-state index contributed by atoms with van der Waals surface area (Å²) >= 11 is 4.80. The van der Waals surface area contributed by atoms with E-state index in [4.69, 9.17) is 22.8 Å². The van der Waals surface area contributed by atoms with Gasteiger partial charge in [0.25, 0.3) is 5.17 Å². The van der Waals surface area contributed by atoms with Crippen LogP contribution in [0, 0.1) is 0 Å². The monoisotopic (exact) mass is 162 g/mol. The van der Waals surface area contributed by atoms with E-state index in [-0.39, 0.29) is 5.54 Å². The maximum Gasteiger partial charge on any atom is 0.274 e. The lowest BCUT2D eigenvalue weighted by molar-refractivity contribution is 0.192. The number of thiocarbonyl (C=S) groups is 1. The van der Waals surface area contributed by atoms with E-state index in [1.807, 2.05) is 20.8 Å². The Hall–Kier alpha value is -0.350. The van der Waals surface area contributed by atoms with Crippen LogP contribution in [0.1, 0.15) is 20.8 Å². The zero-order chi connectivity index (χ0) is 8.36. The first-order valence-corrected chi connectivity index (χ1v) is 3.43. The fourth-order valence-electron chi connectivity index (χ4n) is 0.372. The van der Waals surface area contributed by atoms with Gasteiger partial charge in [0.2, 0.25) is 0 Å². The van der Waals surface area contributed by atoms with E-state index >= 15 is 0 Å². The van der Waals surface area contributed by atoms with Crippen LogP contribution in [-0.4, -0.2) is 22.8 Å². The zero-order valence-electron chi connectivity index (χ0n) is 6.84. The van der Waals surface area contributed by atoms with Gasteiger partial charge >= 0.3 is 0 Å². The Bertz CT molecular complexity index is 130. The van der Waals surface area contributed by atoms with E-state index in [0.717, 1.165) is 0 Å². The summed E-state index contributed by atoms with van der Waals surface area (Å²) in [6.07, 6.45) is 0. The van der Waals surface area contributed by atoms with Crippen LogP contribution >= 0.6 is 12.2 Å². The highest BCUT2D eigenvalue weighted by molar-refractivity contribution is 7.80. The number of hydrazine groups is 1. The van der Waals surface area contributed by atoms with Gasteiger partial charge in [-0.1, -0.05) is 0 Å². The van der Waals surface area contributed by atoms with Gasteiger partial charge in [0.15, 0.2) is 0 Å². The fraction of sp³-hybridized carbons (Fsp3) is 0.833. The molecule has 0 saturated carbocycles. The van der Waals surface area contributed by atoms with E-state index in [9.17, 15) is 0 Å². The molecular weight excluding hydrogens is 148 g/mol. The normalized spacial score (nSPS) is 10.9. The highest BCUT2D eigenvalue weighted by atomic mass is 32.1. The summed E-state index contributed by atoms with van der Waals surface area (Å²) in [5.41, 5.74) is -0.174. The second kappa shape index (κ2) is 3.16. The van der Waals surface area contributed by atoms with Crippen molar-refractivity contribution >= 4 is 17.4 Å². The molecule has 0 radical (unpaired) electrons.